The Kier molecular flexibility index (Phi) is 3.85. The molecule has 0 bridgehead atoms. The molecule has 0 atom stereocenters. The molecule has 0 aliphatic carbocycles. The van der Waals surface area contributed by atoms with E-state index in [1.807, 2.05) is 0 Å². The average Bonchev–Trinajstić information content (AvgIpc) is 2.88. The van der Waals surface area contributed by atoms with Gasteiger partial charge in [-0.1, -0.05) is 0 Å². The largest absolute Gasteiger partial charge is 0.504 e. The van der Waals surface area contributed by atoms with E-state index in [2.05, 4.69) is 10.3 Å². The first-order chi connectivity index (χ1) is 9.47. The van der Waals surface area contributed by atoms with Crippen LogP contribution >= 0.6 is 11.3 Å². The first kappa shape index (κ1) is 13.8. The lowest BCUT2D eigenvalue weighted by Gasteiger charge is -2.04. The van der Waals surface area contributed by atoms with Gasteiger partial charge in [-0.3, -0.25) is 4.79 Å². The second-order valence-corrected chi connectivity index (χ2v) is 4.76. The summed E-state index contributed by atoms with van der Waals surface area (Å²) in [5, 5.41) is 31.5. The Labute approximate surface area is 117 Å². The third-order valence-corrected chi connectivity index (χ3v) is 3.26. The number of carboxylic acid groups (broad SMARTS) is 1. The molecule has 1 heterocycles. The number of carbonyl (C=O) groups is 2. The number of rotatable bonds is 4. The van der Waals surface area contributed by atoms with E-state index in [4.69, 9.17) is 10.2 Å². The number of nitrogens with one attached hydrogen (secondary N) is 1. The highest BCUT2D eigenvalue weighted by Gasteiger charge is 2.11. The van der Waals surface area contributed by atoms with Gasteiger partial charge in [-0.15, -0.1) is 11.3 Å². The standard InChI is InChI=1S/C12H10N2O5S/c15-8-2-1-6(3-9(8)16)11(17)13-4-10-14-7(5-20-10)12(18)19/h1-3,5,15-16H,4H2,(H,13,17)(H,18,19). The lowest BCUT2D eigenvalue weighted by molar-refractivity contribution is 0.0691. The van der Waals surface area contributed by atoms with Crippen LogP contribution in [0.3, 0.4) is 0 Å². The summed E-state index contributed by atoms with van der Waals surface area (Å²) in [4.78, 5) is 26.2. The summed E-state index contributed by atoms with van der Waals surface area (Å²) in [7, 11) is 0. The summed E-state index contributed by atoms with van der Waals surface area (Å²) in [5.41, 5.74) is 0.108. The van der Waals surface area contributed by atoms with Crippen LogP contribution in [0.4, 0.5) is 0 Å². The van der Waals surface area contributed by atoms with Crippen LogP contribution in [-0.2, 0) is 6.54 Å². The molecule has 0 unspecified atom stereocenters. The van der Waals surface area contributed by atoms with Crippen LogP contribution in [0.2, 0.25) is 0 Å². The molecule has 8 heteroatoms. The van der Waals surface area contributed by atoms with Gasteiger partial charge in [-0.25, -0.2) is 9.78 Å². The highest BCUT2D eigenvalue weighted by atomic mass is 32.1. The maximum absolute atomic E-state index is 11.8. The van der Waals surface area contributed by atoms with E-state index in [0.717, 1.165) is 17.4 Å². The molecule has 1 aromatic heterocycles. The summed E-state index contributed by atoms with van der Waals surface area (Å²) in [5.74, 6) is -2.29. The van der Waals surface area contributed by atoms with Gasteiger partial charge in [0.15, 0.2) is 17.2 Å². The minimum Gasteiger partial charge on any atom is -0.504 e. The number of benzene rings is 1. The molecule has 0 aliphatic heterocycles. The molecule has 0 aliphatic rings. The molecule has 2 rings (SSSR count). The molecule has 0 radical (unpaired) electrons. The van der Waals surface area contributed by atoms with Gasteiger partial charge in [0.25, 0.3) is 5.91 Å². The number of hydrogen-bond donors (Lipinski definition) is 4. The minimum atomic E-state index is -1.12. The second-order valence-electron chi connectivity index (χ2n) is 3.82. The summed E-state index contributed by atoms with van der Waals surface area (Å²) in [6, 6.07) is 3.69. The molecule has 0 saturated carbocycles. The summed E-state index contributed by atoms with van der Waals surface area (Å²) in [6.07, 6.45) is 0. The van der Waals surface area contributed by atoms with Crippen molar-refractivity contribution in [2.24, 2.45) is 0 Å². The smallest absolute Gasteiger partial charge is 0.355 e. The zero-order valence-corrected chi connectivity index (χ0v) is 10.8. The van der Waals surface area contributed by atoms with Gasteiger partial charge in [0.05, 0.1) is 6.54 Å². The van der Waals surface area contributed by atoms with E-state index in [1.54, 1.807) is 0 Å². The van der Waals surface area contributed by atoms with Gasteiger partial charge in [-0.05, 0) is 18.2 Å². The molecule has 20 heavy (non-hydrogen) atoms. The number of nitrogens with zero attached hydrogens (tertiary/aromatic N) is 1. The molecular formula is C12H10N2O5S. The van der Waals surface area contributed by atoms with Crippen LogP contribution in [0.25, 0.3) is 0 Å². The molecule has 104 valence electrons. The molecule has 0 spiro atoms. The first-order valence-electron chi connectivity index (χ1n) is 5.45. The summed E-state index contributed by atoms with van der Waals surface area (Å²) < 4.78 is 0. The van der Waals surface area contributed by atoms with E-state index in [1.165, 1.54) is 17.5 Å². The fourth-order valence-electron chi connectivity index (χ4n) is 1.41. The SMILES string of the molecule is O=C(NCc1nc(C(=O)O)cs1)c1ccc(O)c(O)c1. The Bertz CT molecular complexity index is 668. The highest BCUT2D eigenvalue weighted by molar-refractivity contribution is 7.09. The third-order valence-electron chi connectivity index (χ3n) is 2.41. The lowest BCUT2D eigenvalue weighted by Crippen LogP contribution is -2.22. The lowest BCUT2D eigenvalue weighted by atomic mass is 10.2. The Morgan fingerprint density at radius 3 is 2.60 bits per heavy atom. The quantitative estimate of drug-likeness (QED) is 0.629. The van der Waals surface area contributed by atoms with Crippen LogP contribution in [0.15, 0.2) is 23.6 Å². The number of aromatic hydroxyl groups is 2. The molecular weight excluding hydrogens is 284 g/mol. The zero-order valence-electron chi connectivity index (χ0n) is 10.0. The normalized spacial score (nSPS) is 10.2. The number of carboxylic acids is 1. The summed E-state index contributed by atoms with van der Waals surface area (Å²) >= 11 is 1.12. The maximum atomic E-state index is 11.8. The number of hydrogen-bond acceptors (Lipinski definition) is 6. The van der Waals surface area contributed by atoms with Crippen molar-refractivity contribution < 1.29 is 24.9 Å². The average molecular weight is 294 g/mol. The molecule has 1 amide bonds. The Morgan fingerprint density at radius 2 is 2.00 bits per heavy atom. The van der Waals surface area contributed by atoms with Gasteiger partial charge < -0.3 is 20.6 Å². The van der Waals surface area contributed by atoms with Crippen molar-refractivity contribution in [3.8, 4) is 11.5 Å². The van der Waals surface area contributed by atoms with Gasteiger partial charge in [-0.2, -0.15) is 0 Å². The number of phenolic OH excluding ortho intramolecular Hbond substituents is 2. The molecule has 7 nitrogen and oxygen atoms in total. The fourth-order valence-corrected chi connectivity index (χ4v) is 2.12. The van der Waals surface area contributed by atoms with Crippen LogP contribution in [-0.4, -0.2) is 32.2 Å². The predicted molar refractivity (Wildman–Crippen MR) is 70.0 cm³/mol. The van der Waals surface area contributed by atoms with Gasteiger partial charge in [0.1, 0.15) is 5.01 Å². The fraction of sp³-hybridized carbons (Fsp3) is 0.0833. The van der Waals surface area contributed by atoms with Crippen molar-refractivity contribution in [1.82, 2.24) is 10.3 Å². The molecule has 4 N–H and O–H groups in total. The van der Waals surface area contributed by atoms with Crippen molar-refractivity contribution in [2.45, 2.75) is 6.54 Å². The van der Waals surface area contributed by atoms with Gasteiger partial charge >= 0.3 is 5.97 Å². The highest BCUT2D eigenvalue weighted by Crippen LogP contribution is 2.24. The van der Waals surface area contributed by atoms with Crippen LogP contribution in [0, 0.1) is 0 Å². The van der Waals surface area contributed by atoms with Crippen molar-refractivity contribution >= 4 is 23.2 Å². The van der Waals surface area contributed by atoms with Crippen molar-refractivity contribution in [3.63, 3.8) is 0 Å². The number of amides is 1. The molecule has 1 aromatic carbocycles. The van der Waals surface area contributed by atoms with E-state index < -0.39 is 11.9 Å². The zero-order chi connectivity index (χ0) is 14.7. The topological polar surface area (TPSA) is 120 Å². The number of aromatic carboxylic acids is 1. The minimum absolute atomic E-state index is 0.0680. The number of aromatic nitrogens is 1. The Balaban J connectivity index is 2.00. The van der Waals surface area contributed by atoms with Crippen molar-refractivity contribution in [1.29, 1.82) is 0 Å². The van der Waals surface area contributed by atoms with E-state index >= 15 is 0 Å². The van der Waals surface area contributed by atoms with Crippen LogP contribution in [0.5, 0.6) is 11.5 Å². The van der Waals surface area contributed by atoms with Crippen molar-refractivity contribution in [3.05, 3.63) is 39.8 Å². The molecule has 0 saturated heterocycles. The van der Waals surface area contributed by atoms with Gasteiger partial charge in [0.2, 0.25) is 0 Å². The second kappa shape index (κ2) is 5.57. The monoisotopic (exact) mass is 294 g/mol. The number of carbonyl (C=O) groups excluding carboxylic acids is 1. The number of thiazole rings is 1. The molecule has 2 aromatic rings. The summed E-state index contributed by atoms with van der Waals surface area (Å²) in [6.45, 7) is 0.0818. The van der Waals surface area contributed by atoms with E-state index in [0.29, 0.717) is 5.01 Å². The third kappa shape index (κ3) is 3.04. The molecule has 0 fully saturated rings. The van der Waals surface area contributed by atoms with E-state index in [-0.39, 0.29) is 29.3 Å². The number of phenols is 2. The Morgan fingerprint density at radius 1 is 1.25 bits per heavy atom. The predicted octanol–water partition coefficient (Wildman–Crippen LogP) is 1.18. The van der Waals surface area contributed by atoms with E-state index in [9.17, 15) is 14.7 Å². The van der Waals surface area contributed by atoms with Crippen molar-refractivity contribution in [2.75, 3.05) is 0 Å². The maximum Gasteiger partial charge on any atom is 0.355 e. The first-order valence-corrected chi connectivity index (χ1v) is 6.33. The Hall–Kier alpha value is -2.61. The van der Waals surface area contributed by atoms with Crippen LogP contribution in [0.1, 0.15) is 25.9 Å². The van der Waals surface area contributed by atoms with Crippen LogP contribution < -0.4 is 5.32 Å². The van der Waals surface area contributed by atoms with Gasteiger partial charge in [0, 0.05) is 10.9 Å².